The number of nitrogens with zero attached hydrogens (tertiary/aromatic N) is 1. The van der Waals surface area contributed by atoms with E-state index < -0.39 is 10.5 Å². The first-order chi connectivity index (χ1) is 10.6. The van der Waals surface area contributed by atoms with Crippen LogP contribution >= 0.6 is 0 Å². The van der Waals surface area contributed by atoms with Crippen LogP contribution in [0, 0.1) is 10.1 Å². The van der Waals surface area contributed by atoms with Crippen molar-refractivity contribution in [3.63, 3.8) is 0 Å². The molecule has 0 fully saturated rings. The van der Waals surface area contributed by atoms with Crippen molar-refractivity contribution < 1.29 is 9.34 Å². The molecule has 0 radical (unpaired) electrons. The number of hydrogen-bond donors (Lipinski definition) is 0. The third kappa shape index (κ3) is 2.64. The first-order valence-corrected chi connectivity index (χ1v) is 6.59. The van der Waals surface area contributed by atoms with Crippen molar-refractivity contribution in [2.45, 2.75) is 0 Å². The predicted octanol–water partition coefficient (Wildman–Crippen LogP) is 3.88. The first kappa shape index (κ1) is 13.8. The van der Waals surface area contributed by atoms with E-state index in [-0.39, 0.29) is 5.69 Å². The summed E-state index contributed by atoms with van der Waals surface area (Å²) in [6, 6.07) is 18.5. The van der Waals surface area contributed by atoms with Crippen molar-refractivity contribution in [1.82, 2.24) is 0 Å². The highest BCUT2D eigenvalue weighted by molar-refractivity contribution is 5.65. The molecule has 5 nitrogen and oxygen atoms in total. The summed E-state index contributed by atoms with van der Waals surface area (Å²) in [5, 5.41) is 10.6. The largest absolute Gasteiger partial charge is 0.422 e. The fraction of sp³-hybridized carbons (Fsp3) is 0. The summed E-state index contributed by atoms with van der Waals surface area (Å²) in [7, 11) is 0. The van der Waals surface area contributed by atoms with Crippen molar-refractivity contribution >= 4 is 5.69 Å². The smallest absolute Gasteiger partial charge is 0.344 e. The molecule has 0 aliphatic carbocycles. The summed E-state index contributed by atoms with van der Waals surface area (Å²) in [6.45, 7) is 0. The van der Waals surface area contributed by atoms with Gasteiger partial charge in [0.15, 0.2) is 0 Å². The Labute approximate surface area is 125 Å². The van der Waals surface area contributed by atoms with Crippen LogP contribution in [0.1, 0.15) is 0 Å². The Kier molecular flexibility index (Phi) is 3.53. The summed E-state index contributed by atoms with van der Waals surface area (Å²) < 4.78 is 5.32. The van der Waals surface area contributed by atoms with Gasteiger partial charge in [0.25, 0.3) is 5.69 Å². The maximum atomic E-state index is 12.1. The Balaban J connectivity index is 1.98. The second kappa shape index (κ2) is 5.65. The molecule has 5 heteroatoms. The van der Waals surface area contributed by atoms with Crippen molar-refractivity contribution in [3.05, 3.63) is 87.3 Å². The molecule has 0 amide bonds. The number of nitro benzene ring substituents is 1. The average molecular weight is 293 g/mol. The number of non-ortho nitro benzene ring substituents is 1. The molecule has 0 saturated heterocycles. The number of hydrogen-bond acceptors (Lipinski definition) is 4. The van der Waals surface area contributed by atoms with E-state index in [2.05, 4.69) is 0 Å². The first-order valence-electron chi connectivity index (χ1n) is 6.59. The second-order valence-electron chi connectivity index (χ2n) is 4.67. The predicted molar refractivity (Wildman–Crippen MR) is 82.5 cm³/mol. The van der Waals surface area contributed by atoms with Crippen LogP contribution in [0.3, 0.4) is 0 Å². The van der Waals surface area contributed by atoms with Gasteiger partial charge in [0, 0.05) is 17.7 Å². The van der Waals surface area contributed by atoms with E-state index >= 15 is 0 Å². The van der Waals surface area contributed by atoms with Crippen LogP contribution in [0.15, 0.2) is 75.9 Å². The quantitative estimate of drug-likeness (QED) is 0.542. The molecule has 22 heavy (non-hydrogen) atoms. The van der Waals surface area contributed by atoms with E-state index in [1.165, 1.54) is 12.1 Å². The van der Waals surface area contributed by atoms with Gasteiger partial charge in [-0.3, -0.25) is 10.1 Å². The third-order valence-electron chi connectivity index (χ3n) is 3.27. The van der Waals surface area contributed by atoms with Crippen LogP contribution in [0.4, 0.5) is 5.69 Å². The van der Waals surface area contributed by atoms with Crippen LogP contribution in [0.25, 0.3) is 22.5 Å². The fourth-order valence-electron chi connectivity index (χ4n) is 2.15. The van der Waals surface area contributed by atoms with Crippen LogP contribution < -0.4 is 5.63 Å². The van der Waals surface area contributed by atoms with Crippen molar-refractivity contribution in [1.29, 1.82) is 0 Å². The van der Waals surface area contributed by atoms with Crippen molar-refractivity contribution in [2.75, 3.05) is 0 Å². The van der Waals surface area contributed by atoms with E-state index in [1.54, 1.807) is 24.3 Å². The number of rotatable bonds is 3. The maximum absolute atomic E-state index is 12.1. The van der Waals surface area contributed by atoms with Crippen LogP contribution in [-0.4, -0.2) is 4.92 Å². The molecule has 0 aliphatic heterocycles. The van der Waals surface area contributed by atoms with E-state index in [1.807, 2.05) is 30.3 Å². The Hall–Kier alpha value is -3.21. The molecule has 0 aliphatic rings. The highest BCUT2D eigenvalue weighted by Crippen LogP contribution is 2.23. The van der Waals surface area contributed by atoms with Gasteiger partial charge in [-0.1, -0.05) is 30.3 Å². The van der Waals surface area contributed by atoms with Crippen LogP contribution in [-0.2, 0) is 0 Å². The lowest BCUT2D eigenvalue weighted by atomic mass is 10.1. The standard InChI is InChI=1S/C17H11NO4/c19-17-15(12-4-2-1-3-5-12)10-11-16(22-17)13-6-8-14(9-7-13)18(20)21/h1-11H. The molecule has 3 aromatic rings. The van der Waals surface area contributed by atoms with Gasteiger partial charge in [0.05, 0.1) is 10.5 Å². The van der Waals surface area contributed by atoms with Gasteiger partial charge >= 0.3 is 5.63 Å². The van der Waals surface area contributed by atoms with Crippen LogP contribution in [0.2, 0.25) is 0 Å². The van der Waals surface area contributed by atoms with E-state index in [4.69, 9.17) is 4.42 Å². The minimum atomic E-state index is -0.474. The van der Waals surface area contributed by atoms with E-state index in [9.17, 15) is 14.9 Å². The summed E-state index contributed by atoms with van der Waals surface area (Å²) >= 11 is 0. The molecule has 0 N–H and O–H groups in total. The van der Waals surface area contributed by atoms with Gasteiger partial charge in [-0.15, -0.1) is 0 Å². The summed E-state index contributed by atoms with van der Waals surface area (Å²) in [4.78, 5) is 22.3. The molecule has 0 unspecified atom stereocenters. The van der Waals surface area contributed by atoms with Gasteiger partial charge in [-0.05, 0) is 29.8 Å². The van der Waals surface area contributed by atoms with Gasteiger partial charge in [-0.25, -0.2) is 4.79 Å². The number of nitro groups is 1. The molecule has 3 rings (SSSR count). The molecule has 2 aromatic carbocycles. The fourth-order valence-corrected chi connectivity index (χ4v) is 2.15. The molecule has 0 bridgehead atoms. The second-order valence-corrected chi connectivity index (χ2v) is 4.67. The summed E-state index contributed by atoms with van der Waals surface area (Å²) in [5.74, 6) is 0.375. The normalized spacial score (nSPS) is 10.4. The number of benzene rings is 2. The topological polar surface area (TPSA) is 73.3 Å². The molecule has 0 spiro atoms. The van der Waals surface area contributed by atoms with Gasteiger partial charge in [0.1, 0.15) is 5.76 Å². The van der Waals surface area contributed by atoms with E-state index in [0.29, 0.717) is 16.9 Å². The highest BCUT2D eigenvalue weighted by atomic mass is 16.6. The molecule has 0 atom stereocenters. The highest BCUT2D eigenvalue weighted by Gasteiger charge is 2.09. The Bertz CT molecular complexity index is 867. The Morgan fingerprint density at radius 1 is 0.818 bits per heavy atom. The maximum Gasteiger partial charge on any atom is 0.344 e. The average Bonchev–Trinajstić information content (AvgIpc) is 2.55. The van der Waals surface area contributed by atoms with E-state index in [0.717, 1.165) is 5.56 Å². The summed E-state index contributed by atoms with van der Waals surface area (Å²) in [6.07, 6.45) is 0. The minimum Gasteiger partial charge on any atom is -0.422 e. The molecular formula is C17H11NO4. The monoisotopic (exact) mass is 293 g/mol. The van der Waals surface area contributed by atoms with Crippen LogP contribution in [0.5, 0.6) is 0 Å². The zero-order valence-corrected chi connectivity index (χ0v) is 11.4. The lowest BCUT2D eigenvalue weighted by molar-refractivity contribution is -0.384. The molecule has 1 aromatic heterocycles. The minimum absolute atomic E-state index is 0.00740. The van der Waals surface area contributed by atoms with Crippen molar-refractivity contribution in [3.8, 4) is 22.5 Å². The zero-order valence-electron chi connectivity index (χ0n) is 11.4. The Morgan fingerprint density at radius 3 is 2.09 bits per heavy atom. The summed E-state index contributed by atoms with van der Waals surface area (Å²) in [5.41, 5.74) is 1.43. The SMILES string of the molecule is O=c1oc(-c2ccc([N+](=O)[O-])cc2)ccc1-c1ccccc1. The molecule has 1 heterocycles. The lowest BCUT2D eigenvalue weighted by Crippen LogP contribution is -2.02. The van der Waals surface area contributed by atoms with Gasteiger partial charge < -0.3 is 4.42 Å². The Morgan fingerprint density at radius 2 is 1.50 bits per heavy atom. The molecule has 108 valence electrons. The zero-order chi connectivity index (χ0) is 15.5. The lowest BCUT2D eigenvalue weighted by Gasteiger charge is -2.03. The van der Waals surface area contributed by atoms with Gasteiger partial charge in [0.2, 0.25) is 0 Å². The molecular weight excluding hydrogens is 282 g/mol. The molecule has 0 saturated carbocycles. The van der Waals surface area contributed by atoms with Crippen molar-refractivity contribution in [2.24, 2.45) is 0 Å². The van der Waals surface area contributed by atoms with Gasteiger partial charge in [-0.2, -0.15) is 0 Å². The third-order valence-corrected chi connectivity index (χ3v) is 3.27.